The predicted octanol–water partition coefficient (Wildman–Crippen LogP) is 12.3. The molecule has 0 bridgehead atoms. The lowest BCUT2D eigenvalue weighted by atomic mass is 10.0. The van der Waals surface area contributed by atoms with E-state index in [-0.39, 0.29) is 0 Å². The molecule has 216 valence electrons. The molecule has 0 aliphatic heterocycles. The average molecular weight is 597 g/mol. The van der Waals surface area contributed by atoms with Crippen LogP contribution in [0.1, 0.15) is 65.1 Å². The molecule has 0 spiro atoms. The van der Waals surface area contributed by atoms with Crippen molar-refractivity contribution >= 4 is 64.4 Å². The minimum Gasteiger partial charge on any atom is -0.140 e. The van der Waals surface area contributed by atoms with Gasteiger partial charge in [0.2, 0.25) is 0 Å². The SMILES string of the molecule is CCCCCc1ccc(CCc2cc3ccc4cc5c(ccc6cc(CCc7ccc(CC)cc7)sc65)cc4c3s2)cc1. The van der Waals surface area contributed by atoms with Crippen molar-refractivity contribution < 1.29 is 0 Å². The van der Waals surface area contributed by atoms with Gasteiger partial charge in [-0.25, -0.2) is 0 Å². The molecule has 0 saturated carbocycles. The fraction of sp³-hybridized carbons (Fsp3) is 0.268. The summed E-state index contributed by atoms with van der Waals surface area (Å²) in [7, 11) is 0. The second-order valence-corrected chi connectivity index (χ2v) is 14.4. The Morgan fingerprint density at radius 3 is 1.33 bits per heavy atom. The highest BCUT2D eigenvalue weighted by Gasteiger charge is 2.11. The van der Waals surface area contributed by atoms with Crippen LogP contribution in [0.15, 0.2) is 97.1 Å². The van der Waals surface area contributed by atoms with Crippen LogP contribution in [0.4, 0.5) is 0 Å². The van der Waals surface area contributed by atoms with Crippen molar-refractivity contribution in [2.75, 3.05) is 0 Å². The summed E-state index contributed by atoms with van der Waals surface area (Å²) < 4.78 is 2.86. The van der Waals surface area contributed by atoms with E-state index >= 15 is 0 Å². The molecule has 0 unspecified atom stereocenters. The van der Waals surface area contributed by atoms with E-state index < -0.39 is 0 Å². The van der Waals surface area contributed by atoms with Gasteiger partial charge in [-0.05, 0) is 113 Å². The molecule has 0 amide bonds. The molecule has 0 nitrogen and oxygen atoms in total. The van der Waals surface area contributed by atoms with Crippen LogP contribution in [0.3, 0.4) is 0 Å². The first-order valence-electron chi connectivity index (χ1n) is 16.1. The van der Waals surface area contributed by atoms with Crippen LogP contribution in [0.25, 0.3) is 41.7 Å². The lowest BCUT2D eigenvalue weighted by Crippen LogP contribution is -1.91. The number of fused-ring (bicyclic) bond motifs is 6. The number of unbranched alkanes of at least 4 members (excludes halogenated alkanes) is 2. The average Bonchev–Trinajstić information content (AvgIpc) is 3.67. The zero-order chi connectivity index (χ0) is 29.2. The smallest absolute Gasteiger partial charge is 0.0424 e. The number of hydrogen-bond donors (Lipinski definition) is 0. The van der Waals surface area contributed by atoms with Crippen LogP contribution in [0.2, 0.25) is 0 Å². The summed E-state index contributed by atoms with van der Waals surface area (Å²) in [4.78, 5) is 2.96. The maximum absolute atomic E-state index is 2.44. The number of thiophene rings is 2. The van der Waals surface area contributed by atoms with Gasteiger partial charge in [-0.2, -0.15) is 0 Å². The third kappa shape index (κ3) is 6.14. The Balaban J connectivity index is 1.11. The molecule has 2 aromatic heterocycles. The molecule has 0 aliphatic rings. The van der Waals surface area contributed by atoms with E-state index in [1.54, 1.807) is 0 Å². The fourth-order valence-electron chi connectivity index (χ4n) is 6.42. The first-order valence-corrected chi connectivity index (χ1v) is 17.8. The highest BCUT2D eigenvalue weighted by Crippen LogP contribution is 2.39. The highest BCUT2D eigenvalue weighted by molar-refractivity contribution is 7.20. The summed E-state index contributed by atoms with van der Waals surface area (Å²) in [5.74, 6) is 0. The first-order chi connectivity index (χ1) is 21.2. The van der Waals surface area contributed by atoms with Crippen molar-refractivity contribution in [3.63, 3.8) is 0 Å². The van der Waals surface area contributed by atoms with Gasteiger partial charge in [-0.3, -0.25) is 0 Å². The van der Waals surface area contributed by atoms with Crippen LogP contribution in [-0.4, -0.2) is 0 Å². The number of rotatable bonds is 11. The number of aryl methyl sites for hydroxylation is 6. The van der Waals surface area contributed by atoms with Crippen LogP contribution >= 0.6 is 22.7 Å². The van der Waals surface area contributed by atoms with Crippen molar-refractivity contribution in [3.05, 3.63) is 129 Å². The Morgan fingerprint density at radius 2 is 0.860 bits per heavy atom. The van der Waals surface area contributed by atoms with Gasteiger partial charge in [0.15, 0.2) is 0 Å². The quantitative estimate of drug-likeness (QED) is 0.103. The normalized spacial score (nSPS) is 11.9. The van der Waals surface area contributed by atoms with E-state index in [0.717, 1.165) is 32.1 Å². The zero-order valence-electron chi connectivity index (χ0n) is 25.4. The topological polar surface area (TPSA) is 0 Å². The Bertz CT molecular complexity index is 2000. The van der Waals surface area contributed by atoms with Crippen molar-refractivity contribution in [1.82, 2.24) is 0 Å². The highest BCUT2D eigenvalue weighted by atomic mass is 32.1. The molecule has 43 heavy (non-hydrogen) atoms. The summed E-state index contributed by atoms with van der Waals surface area (Å²) >= 11 is 3.97. The summed E-state index contributed by atoms with van der Waals surface area (Å²) in [5.41, 5.74) is 5.77. The second kappa shape index (κ2) is 12.6. The molecule has 0 atom stereocenters. The van der Waals surface area contributed by atoms with E-state index in [1.165, 1.54) is 99.4 Å². The summed E-state index contributed by atoms with van der Waals surface area (Å²) in [6, 6.07) is 37.6. The van der Waals surface area contributed by atoms with E-state index in [1.807, 2.05) is 22.7 Å². The van der Waals surface area contributed by atoms with Gasteiger partial charge < -0.3 is 0 Å². The number of hydrogen-bond acceptors (Lipinski definition) is 2. The van der Waals surface area contributed by atoms with E-state index in [0.29, 0.717) is 0 Å². The largest absolute Gasteiger partial charge is 0.140 e. The van der Waals surface area contributed by atoms with Crippen LogP contribution in [0, 0.1) is 0 Å². The fourth-order valence-corrected chi connectivity index (χ4v) is 8.79. The minimum atomic E-state index is 1.10. The Morgan fingerprint density at radius 1 is 0.419 bits per heavy atom. The molecular weight excluding hydrogens is 557 g/mol. The lowest BCUT2D eigenvalue weighted by Gasteiger charge is -2.05. The third-order valence-electron chi connectivity index (χ3n) is 9.06. The van der Waals surface area contributed by atoms with Gasteiger partial charge in [0, 0.05) is 29.9 Å². The van der Waals surface area contributed by atoms with Crippen LogP contribution in [0.5, 0.6) is 0 Å². The first kappa shape index (κ1) is 28.3. The maximum Gasteiger partial charge on any atom is 0.0424 e. The molecule has 2 heterocycles. The van der Waals surface area contributed by atoms with Gasteiger partial charge in [0.05, 0.1) is 0 Å². The van der Waals surface area contributed by atoms with E-state index in [9.17, 15) is 0 Å². The van der Waals surface area contributed by atoms with Gasteiger partial charge in [0.1, 0.15) is 0 Å². The molecule has 0 N–H and O–H groups in total. The third-order valence-corrected chi connectivity index (χ3v) is 11.6. The standard InChI is InChI=1S/C41H40S2/c1-3-5-6-7-29-12-14-31(15-13-29)17-23-37-25-35-21-19-33-26-38-32(27-39(33)41(35)43-37)18-20-34-24-36(42-40(34)38)22-16-30-10-8-28(4-2)9-11-30/h8-15,18-21,24-27H,3-7,16-17,22-23H2,1-2H3. The van der Waals surface area contributed by atoms with Crippen molar-refractivity contribution in [2.24, 2.45) is 0 Å². The molecule has 7 aromatic rings. The van der Waals surface area contributed by atoms with Crippen molar-refractivity contribution in [1.29, 1.82) is 0 Å². The minimum absolute atomic E-state index is 1.10. The number of benzene rings is 5. The summed E-state index contributed by atoms with van der Waals surface area (Å²) in [6.45, 7) is 4.49. The van der Waals surface area contributed by atoms with Gasteiger partial charge in [-0.15, -0.1) is 22.7 Å². The van der Waals surface area contributed by atoms with Crippen molar-refractivity contribution in [3.8, 4) is 0 Å². The second-order valence-electron chi connectivity index (χ2n) is 12.1. The molecule has 0 fully saturated rings. The van der Waals surface area contributed by atoms with Gasteiger partial charge in [-0.1, -0.05) is 99.5 Å². The Hall–Kier alpha value is -3.46. The molecule has 0 aliphatic carbocycles. The predicted molar refractivity (Wildman–Crippen MR) is 193 cm³/mol. The Labute approximate surface area is 264 Å². The molecule has 5 aromatic carbocycles. The summed E-state index contributed by atoms with van der Waals surface area (Å²) in [5, 5.41) is 8.24. The zero-order valence-corrected chi connectivity index (χ0v) is 27.1. The van der Waals surface area contributed by atoms with E-state index in [4.69, 9.17) is 0 Å². The summed E-state index contributed by atoms with van der Waals surface area (Å²) in [6.07, 6.45) is 10.6. The van der Waals surface area contributed by atoms with Gasteiger partial charge >= 0.3 is 0 Å². The van der Waals surface area contributed by atoms with Gasteiger partial charge in [0.25, 0.3) is 0 Å². The molecule has 7 rings (SSSR count). The van der Waals surface area contributed by atoms with Crippen molar-refractivity contribution in [2.45, 2.75) is 71.6 Å². The molecular formula is C41H40S2. The molecule has 0 saturated heterocycles. The maximum atomic E-state index is 2.44. The lowest BCUT2D eigenvalue weighted by molar-refractivity contribution is 0.717. The van der Waals surface area contributed by atoms with E-state index in [2.05, 4.69) is 111 Å². The van der Waals surface area contributed by atoms with Crippen LogP contribution in [-0.2, 0) is 38.5 Å². The Kier molecular flexibility index (Phi) is 8.33. The molecule has 2 heteroatoms. The molecule has 0 radical (unpaired) electrons. The van der Waals surface area contributed by atoms with Crippen LogP contribution < -0.4 is 0 Å². The monoisotopic (exact) mass is 596 g/mol.